The molecule has 3 aromatic carbocycles. The Labute approximate surface area is 198 Å². The Bertz CT molecular complexity index is 1810. The Morgan fingerprint density at radius 1 is 0.882 bits per heavy atom. The molecule has 0 saturated heterocycles. The second-order valence-corrected chi connectivity index (χ2v) is 8.40. The summed E-state index contributed by atoms with van der Waals surface area (Å²) in [4.78, 5) is 28.2. The molecule has 0 unspecified atom stereocenters. The summed E-state index contributed by atoms with van der Waals surface area (Å²) in [5.74, 6) is 0.510. The van der Waals surface area contributed by atoms with E-state index in [0.717, 1.165) is 16.8 Å². The molecule has 0 radical (unpaired) electrons. The van der Waals surface area contributed by atoms with Gasteiger partial charge in [0.15, 0.2) is 11.3 Å². The second-order valence-electron chi connectivity index (χ2n) is 8.00. The van der Waals surface area contributed by atoms with Crippen LogP contribution in [0.2, 0.25) is 5.02 Å². The minimum absolute atomic E-state index is 0.218. The zero-order chi connectivity index (χ0) is 23.4. The summed E-state index contributed by atoms with van der Waals surface area (Å²) >= 11 is 6.27. The van der Waals surface area contributed by atoms with Crippen molar-refractivity contribution in [1.82, 2.24) is 24.1 Å². The Kier molecular flexibility index (Phi) is 4.60. The molecule has 34 heavy (non-hydrogen) atoms. The van der Waals surface area contributed by atoms with Crippen LogP contribution in [-0.2, 0) is 0 Å². The standard InChI is InChI=1S/C26H18ClN5O2/c1-15-6-5-7-16(12-15)31-14-28-24-22(26(31)33)23-25(30-20-9-4-3-8-19(20)29-23)32(24)17-10-11-18(27)21(13-17)34-2/h3-14H,1-2H3. The van der Waals surface area contributed by atoms with Crippen molar-refractivity contribution in [1.29, 1.82) is 0 Å². The van der Waals surface area contributed by atoms with Gasteiger partial charge in [-0.25, -0.2) is 15.0 Å². The number of hydrogen-bond donors (Lipinski definition) is 0. The normalized spacial score (nSPS) is 11.5. The van der Waals surface area contributed by atoms with Crippen LogP contribution in [0.5, 0.6) is 5.75 Å². The van der Waals surface area contributed by atoms with Crippen LogP contribution in [0.1, 0.15) is 5.56 Å². The average Bonchev–Trinajstić information content (AvgIpc) is 3.17. The van der Waals surface area contributed by atoms with Crippen molar-refractivity contribution >= 4 is 44.8 Å². The Morgan fingerprint density at radius 3 is 2.44 bits per heavy atom. The molecule has 0 aliphatic heterocycles. The zero-order valence-electron chi connectivity index (χ0n) is 18.4. The number of benzene rings is 3. The zero-order valence-corrected chi connectivity index (χ0v) is 19.1. The molecule has 0 fully saturated rings. The third kappa shape index (κ3) is 3.05. The van der Waals surface area contributed by atoms with Gasteiger partial charge in [0.05, 0.1) is 34.5 Å². The fourth-order valence-electron chi connectivity index (χ4n) is 4.23. The Morgan fingerprint density at radius 2 is 1.68 bits per heavy atom. The van der Waals surface area contributed by atoms with Gasteiger partial charge in [0, 0.05) is 6.07 Å². The van der Waals surface area contributed by atoms with Gasteiger partial charge in [-0.1, -0.05) is 35.9 Å². The maximum absolute atomic E-state index is 13.8. The van der Waals surface area contributed by atoms with Crippen molar-refractivity contribution in [2.45, 2.75) is 6.92 Å². The molecule has 0 spiro atoms. The van der Waals surface area contributed by atoms with E-state index in [0.29, 0.717) is 44.2 Å². The fourth-order valence-corrected chi connectivity index (χ4v) is 4.43. The van der Waals surface area contributed by atoms with Gasteiger partial charge >= 0.3 is 0 Å². The van der Waals surface area contributed by atoms with Gasteiger partial charge in [-0.15, -0.1) is 0 Å². The molecule has 0 N–H and O–H groups in total. The maximum Gasteiger partial charge on any atom is 0.269 e. The number of hydrogen-bond acceptors (Lipinski definition) is 5. The largest absolute Gasteiger partial charge is 0.495 e. The van der Waals surface area contributed by atoms with Crippen LogP contribution in [0.15, 0.2) is 77.9 Å². The molecule has 166 valence electrons. The van der Waals surface area contributed by atoms with Gasteiger partial charge in [0.1, 0.15) is 23.0 Å². The number of nitrogens with zero attached hydrogens (tertiary/aromatic N) is 5. The molecule has 3 aromatic heterocycles. The Balaban J connectivity index is 1.77. The SMILES string of the molecule is COc1cc(-n2c3nc4ccccc4nc3c3c(=O)n(-c4cccc(C)c4)cnc32)ccc1Cl. The number of halogens is 1. The summed E-state index contributed by atoms with van der Waals surface area (Å²) in [6.45, 7) is 1.98. The lowest BCUT2D eigenvalue weighted by atomic mass is 10.2. The van der Waals surface area contributed by atoms with Gasteiger partial charge in [0.2, 0.25) is 0 Å². The monoisotopic (exact) mass is 467 g/mol. The molecular formula is C26H18ClN5O2. The van der Waals surface area contributed by atoms with Crippen LogP contribution >= 0.6 is 11.6 Å². The van der Waals surface area contributed by atoms with E-state index >= 15 is 0 Å². The predicted octanol–water partition coefficient (Wildman–Crippen LogP) is 5.24. The maximum atomic E-state index is 13.8. The van der Waals surface area contributed by atoms with E-state index in [2.05, 4.69) is 0 Å². The van der Waals surface area contributed by atoms with E-state index in [1.165, 1.54) is 0 Å². The van der Waals surface area contributed by atoms with E-state index in [-0.39, 0.29) is 5.56 Å². The molecule has 7 nitrogen and oxygen atoms in total. The van der Waals surface area contributed by atoms with Crippen molar-refractivity contribution in [3.63, 3.8) is 0 Å². The highest BCUT2D eigenvalue weighted by molar-refractivity contribution is 6.32. The van der Waals surface area contributed by atoms with Crippen LogP contribution in [0.3, 0.4) is 0 Å². The molecule has 6 aromatic rings. The summed E-state index contributed by atoms with van der Waals surface area (Å²) < 4.78 is 8.79. The van der Waals surface area contributed by atoms with Gasteiger partial charge < -0.3 is 4.74 Å². The van der Waals surface area contributed by atoms with Crippen molar-refractivity contribution in [3.8, 4) is 17.1 Å². The van der Waals surface area contributed by atoms with E-state index in [9.17, 15) is 4.79 Å². The summed E-state index contributed by atoms with van der Waals surface area (Å²) in [6, 6.07) is 20.7. The van der Waals surface area contributed by atoms with Crippen molar-refractivity contribution < 1.29 is 4.74 Å². The van der Waals surface area contributed by atoms with Crippen LogP contribution in [0.25, 0.3) is 44.6 Å². The average molecular weight is 468 g/mol. The first-order valence-electron chi connectivity index (χ1n) is 10.6. The summed E-state index contributed by atoms with van der Waals surface area (Å²) in [7, 11) is 1.56. The van der Waals surface area contributed by atoms with E-state index < -0.39 is 0 Å². The molecule has 3 heterocycles. The van der Waals surface area contributed by atoms with Crippen LogP contribution < -0.4 is 10.3 Å². The quantitative estimate of drug-likeness (QED) is 0.355. The van der Waals surface area contributed by atoms with E-state index in [1.54, 1.807) is 30.1 Å². The molecular weight excluding hydrogens is 450 g/mol. The summed E-state index contributed by atoms with van der Waals surface area (Å²) in [5, 5.41) is 0.879. The van der Waals surface area contributed by atoms with Crippen molar-refractivity contribution in [3.05, 3.63) is 94.0 Å². The second kappa shape index (κ2) is 7.67. The molecule has 0 amide bonds. The molecule has 0 bridgehead atoms. The van der Waals surface area contributed by atoms with Crippen LogP contribution in [-0.4, -0.2) is 31.2 Å². The first-order valence-corrected chi connectivity index (χ1v) is 11.0. The topological polar surface area (TPSA) is 74.8 Å². The highest BCUT2D eigenvalue weighted by atomic mass is 35.5. The smallest absolute Gasteiger partial charge is 0.269 e. The number of aryl methyl sites for hydroxylation is 1. The fraction of sp³-hybridized carbons (Fsp3) is 0.0769. The number of aromatic nitrogens is 5. The minimum atomic E-state index is -0.218. The van der Waals surface area contributed by atoms with Gasteiger partial charge in [-0.3, -0.25) is 13.9 Å². The number of para-hydroxylation sites is 2. The molecule has 0 atom stereocenters. The number of ether oxygens (including phenoxy) is 1. The molecule has 0 saturated carbocycles. The lowest BCUT2D eigenvalue weighted by molar-refractivity contribution is 0.415. The molecule has 6 rings (SSSR count). The lowest BCUT2D eigenvalue weighted by Crippen LogP contribution is -2.19. The van der Waals surface area contributed by atoms with Crippen molar-refractivity contribution in [2.75, 3.05) is 7.11 Å². The molecule has 0 aliphatic carbocycles. The van der Waals surface area contributed by atoms with Crippen LogP contribution in [0.4, 0.5) is 0 Å². The summed E-state index contributed by atoms with van der Waals surface area (Å²) in [6.07, 6.45) is 1.54. The van der Waals surface area contributed by atoms with Gasteiger partial charge in [0.25, 0.3) is 5.56 Å². The minimum Gasteiger partial charge on any atom is -0.495 e. The Hall–Kier alpha value is -4.23. The summed E-state index contributed by atoms with van der Waals surface area (Å²) in [5.41, 5.74) is 5.19. The highest BCUT2D eigenvalue weighted by Crippen LogP contribution is 2.32. The van der Waals surface area contributed by atoms with Gasteiger partial charge in [-0.05, 0) is 48.9 Å². The van der Waals surface area contributed by atoms with Crippen molar-refractivity contribution in [2.24, 2.45) is 0 Å². The highest BCUT2D eigenvalue weighted by Gasteiger charge is 2.22. The number of methoxy groups -OCH3 is 1. The molecule has 0 aliphatic rings. The first kappa shape index (κ1) is 20.4. The first-order chi connectivity index (χ1) is 16.5. The third-order valence-corrected chi connectivity index (χ3v) is 6.15. The predicted molar refractivity (Wildman–Crippen MR) is 134 cm³/mol. The molecule has 8 heteroatoms. The van der Waals surface area contributed by atoms with Gasteiger partial charge in [-0.2, -0.15) is 0 Å². The number of rotatable bonds is 3. The third-order valence-electron chi connectivity index (χ3n) is 5.84. The number of fused-ring (bicyclic) bond motifs is 4. The lowest BCUT2D eigenvalue weighted by Gasteiger charge is -2.10. The van der Waals surface area contributed by atoms with E-state index in [4.69, 9.17) is 31.3 Å². The van der Waals surface area contributed by atoms with Crippen LogP contribution in [0, 0.1) is 6.92 Å². The van der Waals surface area contributed by atoms with E-state index in [1.807, 2.05) is 66.1 Å².